The minimum atomic E-state index is 0.144. The third-order valence-corrected chi connectivity index (χ3v) is 3.20. The molecule has 2 saturated heterocycles. The molecule has 5 nitrogen and oxygen atoms in total. The maximum atomic E-state index is 8.22. The number of nitrogens with zero attached hydrogens (tertiary/aromatic N) is 3. The molecule has 0 saturated carbocycles. The van der Waals surface area contributed by atoms with Gasteiger partial charge in [-0.05, 0) is 31.3 Å². The molecule has 1 spiro atoms. The molecule has 2 rings (SSSR count). The molecule has 0 bridgehead atoms. The first-order valence-electron chi connectivity index (χ1n) is 5.18. The van der Waals surface area contributed by atoms with Gasteiger partial charge in [-0.3, -0.25) is 0 Å². The van der Waals surface area contributed by atoms with Crippen LogP contribution >= 0.6 is 0 Å². The van der Waals surface area contributed by atoms with Crippen molar-refractivity contribution in [1.82, 2.24) is 5.32 Å². The van der Waals surface area contributed by atoms with Gasteiger partial charge in [0.15, 0.2) is 0 Å². The van der Waals surface area contributed by atoms with E-state index in [4.69, 9.17) is 10.3 Å². The summed E-state index contributed by atoms with van der Waals surface area (Å²) in [4.78, 5) is 2.76. The van der Waals surface area contributed by atoms with E-state index in [1.165, 1.54) is 12.8 Å². The smallest absolute Gasteiger partial charge is 0.0638 e. The second kappa shape index (κ2) is 4.17. The minimum Gasteiger partial charge on any atom is -0.377 e. The number of rotatable bonds is 2. The molecule has 2 heterocycles. The van der Waals surface area contributed by atoms with Crippen molar-refractivity contribution in [2.45, 2.75) is 25.4 Å². The van der Waals surface area contributed by atoms with Crippen LogP contribution in [0.1, 0.15) is 19.3 Å². The topological polar surface area (TPSA) is 70.0 Å². The molecule has 0 unspecified atom stereocenters. The van der Waals surface area contributed by atoms with E-state index in [9.17, 15) is 0 Å². The van der Waals surface area contributed by atoms with Crippen LogP contribution in [-0.4, -0.2) is 32.3 Å². The molecule has 0 amide bonds. The van der Waals surface area contributed by atoms with E-state index >= 15 is 0 Å². The SMILES string of the molecule is [N-]=[N+]=NC[C@@H]1C[C@@]2(CCCNC2)CO1. The molecular formula is C9H16N4O. The second-order valence-corrected chi connectivity index (χ2v) is 4.33. The summed E-state index contributed by atoms with van der Waals surface area (Å²) >= 11 is 0. The Bertz CT molecular complexity index is 243. The van der Waals surface area contributed by atoms with Crippen LogP contribution in [0.25, 0.3) is 10.4 Å². The Morgan fingerprint density at radius 3 is 3.29 bits per heavy atom. The number of hydrogen-bond acceptors (Lipinski definition) is 3. The summed E-state index contributed by atoms with van der Waals surface area (Å²) in [6.45, 7) is 3.49. The highest BCUT2D eigenvalue weighted by atomic mass is 16.5. The first kappa shape index (κ1) is 9.77. The molecule has 78 valence electrons. The van der Waals surface area contributed by atoms with Gasteiger partial charge in [0.1, 0.15) is 0 Å². The molecule has 0 aromatic heterocycles. The van der Waals surface area contributed by atoms with Crippen molar-refractivity contribution in [3.05, 3.63) is 10.4 Å². The lowest BCUT2D eigenvalue weighted by atomic mass is 9.79. The van der Waals surface area contributed by atoms with Gasteiger partial charge in [-0.15, -0.1) is 0 Å². The summed E-state index contributed by atoms with van der Waals surface area (Å²) in [7, 11) is 0. The Labute approximate surface area is 83.4 Å². The molecule has 2 aliphatic rings. The molecule has 2 fully saturated rings. The van der Waals surface area contributed by atoms with Gasteiger partial charge in [-0.25, -0.2) is 0 Å². The van der Waals surface area contributed by atoms with Gasteiger partial charge in [0.2, 0.25) is 0 Å². The summed E-state index contributed by atoms with van der Waals surface area (Å²) in [5.41, 5.74) is 8.55. The van der Waals surface area contributed by atoms with E-state index in [0.717, 1.165) is 26.1 Å². The molecule has 1 N–H and O–H groups in total. The van der Waals surface area contributed by atoms with Gasteiger partial charge in [0, 0.05) is 16.9 Å². The van der Waals surface area contributed by atoms with Gasteiger partial charge in [-0.2, -0.15) is 0 Å². The number of piperidine rings is 1. The van der Waals surface area contributed by atoms with Crippen LogP contribution in [0, 0.1) is 5.41 Å². The molecule has 5 heteroatoms. The summed E-state index contributed by atoms with van der Waals surface area (Å²) in [6, 6.07) is 0. The Morgan fingerprint density at radius 2 is 2.57 bits per heavy atom. The molecule has 0 aromatic rings. The van der Waals surface area contributed by atoms with Crippen molar-refractivity contribution in [1.29, 1.82) is 0 Å². The number of hydrogen-bond donors (Lipinski definition) is 1. The van der Waals surface area contributed by atoms with E-state index in [2.05, 4.69) is 15.3 Å². The van der Waals surface area contributed by atoms with Crippen molar-refractivity contribution in [3.8, 4) is 0 Å². The average molecular weight is 196 g/mol. The molecule has 2 aliphatic heterocycles. The zero-order chi connectivity index (χ0) is 9.86. The first-order chi connectivity index (χ1) is 6.85. The summed E-state index contributed by atoms with van der Waals surface area (Å²) in [5.74, 6) is 0. The first-order valence-corrected chi connectivity index (χ1v) is 5.18. The Kier molecular flexibility index (Phi) is 2.91. The predicted molar refractivity (Wildman–Crippen MR) is 52.9 cm³/mol. The fourth-order valence-corrected chi connectivity index (χ4v) is 2.47. The lowest BCUT2D eigenvalue weighted by Gasteiger charge is -2.32. The molecule has 0 aromatic carbocycles. The molecule has 0 radical (unpaired) electrons. The zero-order valence-electron chi connectivity index (χ0n) is 8.28. The molecule has 14 heavy (non-hydrogen) atoms. The van der Waals surface area contributed by atoms with Crippen LogP contribution in [0.5, 0.6) is 0 Å². The molecule has 2 atom stereocenters. The van der Waals surface area contributed by atoms with Crippen LogP contribution in [0.3, 0.4) is 0 Å². The summed E-state index contributed by atoms with van der Waals surface area (Å²) < 4.78 is 5.64. The second-order valence-electron chi connectivity index (χ2n) is 4.33. The average Bonchev–Trinajstić information content (AvgIpc) is 2.60. The molecule has 0 aliphatic carbocycles. The van der Waals surface area contributed by atoms with E-state index in [-0.39, 0.29) is 6.10 Å². The van der Waals surface area contributed by atoms with Crippen molar-refractivity contribution < 1.29 is 4.74 Å². The standard InChI is InChI=1S/C9H16N4O/c10-13-12-5-8-4-9(7-14-8)2-1-3-11-6-9/h8,11H,1-7H2/t8-,9+/m0/s1. The predicted octanol–water partition coefficient (Wildman–Crippen LogP) is 1.46. The van der Waals surface area contributed by atoms with Gasteiger partial charge in [0.25, 0.3) is 0 Å². The Morgan fingerprint density at radius 1 is 1.64 bits per heavy atom. The third kappa shape index (κ3) is 2.00. The number of azide groups is 1. The highest BCUT2D eigenvalue weighted by molar-refractivity contribution is 4.92. The van der Waals surface area contributed by atoms with Crippen LogP contribution in [-0.2, 0) is 4.74 Å². The van der Waals surface area contributed by atoms with Crippen molar-refractivity contribution in [2.24, 2.45) is 10.5 Å². The van der Waals surface area contributed by atoms with Crippen LogP contribution in [0.4, 0.5) is 0 Å². The molecular weight excluding hydrogens is 180 g/mol. The maximum Gasteiger partial charge on any atom is 0.0638 e. The summed E-state index contributed by atoms with van der Waals surface area (Å²) in [5, 5.41) is 6.98. The highest BCUT2D eigenvalue weighted by Gasteiger charge is 2.40. The fraction of sp³-hybridized carbons (Fsp3) is 1.00. The van der Waals surface area contributed by atoms with Crippen molar-refractivity contribution in [2.75, 3.05) is 26.2 Å². The lowest BCUT2D eigenvalue weighted by Crippen LogP contribution is -2.40. The van der Waals surface area contributed by atoms with Crippen molar-refractivity contribution in [3.63, 3.8) is 0 Å². The van der Waals surface area contributed by atoms with Gasteiger partial charge >= 0.3 is 0 Å². The van der Waals surface area contributed by atoms with E-state index < -0.39 is 0 Å². The number of nitrogens with one attached hydrogen (secondary N) is 1. The lowest BCUT2D eigenvalue weighted by molar-refractivity contribution is 0.0923. The zero-order valence-corrected chi connectivity index (χ0v) is 8.28. The van der Waals surface area contributed by atoms with E-state index in [0.29, 0.717) is 12.0 Å². The van der Waals surface area contributed by atoms with Gasteiger partial charge in [-0.1, -0.05) is 5.11 Å². The van der Waals surface area contributed by atoms with Crippen LogP contribution in [0.2, 0.25) is 0 Å². The highest BCUT2D eigenvalue weighted by Crippen LogP contribution is 2.38. The van der Waals surface area contributed by atoms with Crippen molar-refractivity contribution >= 4 is 0 Å². The maximum absolute atomic E-state index is 8.22. The van der Waals surface area contributed by atoms with Gasteiger partial charge in [0.05, 0.1) is 19.3 Å². The Hall–Kier alpha value is -0.770. The number of ether oxygens (including phenoxy) is 1. The largest absolute Gasteiger partial charge is 0.377 e. The minimum absolute atomic E-state index is 0.144. The third-order valence-electron chi connectivity index (χ3n) is 3.20. The monoisotopic (exact) mass is 196 g/mol. The quantitative estimate of drug-likeness (QED) is 0.412. The van der Waals surface area contributed by atoms with E-state index in [1.54, 1.807) is 0 Å². The van der Waals surface area contributed by atoms with Gasteiger partial charge < -0.3 is 10.1 Å². The van der Waals surface area contributed by atoms with Crippen LogP contribution in [0.15, 0.2) is 5.11 Å². The normalized spacial score (nSPS) is 37.0. The Balaban J connectivity index is 1.88. The summed E-state index contributed by atoms with van der Waals surface area (Å²) in [6.07, 6.45) is 3.66. The van der Waals surface area contributed by atoms with E-state index in [1.807, 2.05) is 0 Å². The van der Waals surface area contributed by atoms with Crippen LogP contribution < -0.4 is 5.32 Å². The fourth-order valence-electron chi connectivity index (χ4n) is 2.47.